The Balaban J connectivity index is 1.73. The number of anilines is 1. The summed E-state index contributed by atoms with van der Waals surface area (Å²) in [7, 11) is 0. The molecule has 3 aromatic rings. The summed E-state index contributed by atoms with van der Waals surface area (Å²) in [5.41, 5.74) is 6.38. The summed E-state index contributed by atoms with van der Waals surface area (Å²) in [4.78, 5) is 11.0. The minimum Gasteiger partial charge on any atom is -0.492 e. The van der Waals surface area contributed by atoms with Crippen LogP contribution >= 0.6 is 11.3 Å². The third-order valence-corrected chi connectivity index (χ3v) is 5.17. The summed E-state index contributed by atoms with van der Waals surface area (Å²) in [5, 5.41) is 5.65. The lowest BCUT2D eigenvalue weighted by molar-refractivity contribution is 0.320. The predicted molar refractivity (Wildman–Crippen MR) is 93.6 cm³/mol. The maximum absolute atomic E-state index is 5.67. The quantitative estimate of drug-likeness (QED) is 0.726. The highest BCUT2D eigenvalue weighted by Gasteiger charge is 2.17. The first-order valence-corrected chi connectivity index (χ1v) is 8.31. The molecule has 0 bridgehead atoms. The second-order valence-electron chi connectivity index (χ2n) is 5.45. The van der Waals surface area contributed by atoms with Crippen molar-refractivity contribution in [2.45, 2.75) is 20.3 Å². The minimum atomic E-state index is 0.646. The van der Waals surface area contributed by atoms with E-state index in [1.54, 1.807) is 17.7 Å². The van der Waals surface area contributed by atoms with Gasteiger partial charge in [-0.2, -0.15) is 5.10 Å². The molecular formula is C17H16N4OS. The minimum absolute atomic E-state index is 0.646. The van der Waals surface area contributed by atoms with Crippen molar-refractivity contribution in [1.82, 2.24) is 9.97 Å². The van der Waals surface area contributed by atoms with Gasteiger partial charge in [0.25, 0.3) is 0 Å². The highest BCUT2D eigenvalue weighted by atomic mass is 32.1. The maximum atomic E-state index is 5.67. The van der Waals surface area contributed by atoms with E-state index in [9.17, 15) is 0 Å². The average Bonchev–Trinajstić information content (AvgIpc) is 2.88. The first kappa shape index (κ1) is 14.1. The molecule has 116 valence electrons. The Morgan fingerprint density at radius 1 is 1.22 bits per heavy atom. The van der Waals surface area contributed by atoms with Gasteiger partial charge in [-0.3, -0.25) is 5.43 Å². The van der Waals surface area contributed by atoms with Gasteiger partial charge in [-0.15, -0.1) is 11.3 Å². The van der Waals surface area contributed by atoms with Crippen LogP contribution in [0.15, 0.2) is 35.7 Å². The molecule has 0 amide bonds. The molecule has 1 N–H and O–H groups in total. The highest BCUT2D eigenvalue weighted by molar-refractivity contribution is 7.18. The Hall–Kier alpha value is -2.47. The summed E-state index contributed by atoms with van der Waals surface area (Å²) in [6.07, 6.45) is 2.36. The summed E-state index contributed by atoms with van der Waals surface area (Å²) in [6.45, 7) is 4.85. The Morgan fingerprint density at radius 2 is 2.09 bits per heavy atom. The van der Waals surface area contributed by atoms with Crippen molar-refractivity contribution < 1.29 is 4.74 Å². The number of hydrazone groups is 1. The number of nitrogens with one attached hydrogen (secondary N) is 1. The van der Waals surface area contributed by atoms with Gasteiger partial charge in [0.1, 0.15) is 16.9 Å². The number of ether oxygens (including phenoxy) is 1. The molecule has 5 nitrogen and oxygen atoms in total. The molecule has 0 radical (unpaired) electrons. The van der Waals surface area contributed by atoms with Gasteiger partial charge in [0.2, 0.25) is 0 Å². The van der Waals surface area contributed by atoms with E-state index in [1.807, 2.05) is 24.3 Å². The third kappa shape index (κ3) is 2.45. The van der Waals surface area contributed by atoms with Crippen LogP contribution in [0, 0.1) is 13.8 Å². The van der Waals surface area contributed by atoms with Crippen LogP contribution in [0.4, 0.5) is 5.82 Å². The lowest BCUT2D eigenvalue weighted by Gasteiger charge is -2.18. The van der Waals surface area contributed by atoms with E-state index in [-0.39, 0.29) is 0 Å². The number of rotatable bonds is 2. The molecule has 0 atom stereocenters. The number of hydrogen-bond donors (Lipinski definition) is 1. The van der Waals surface area contributed by atoms with E-state index in [4.69, 9.17) is 4.74 Å². The van der Waals surface area contributed by atoms with Gasteiger partial charge in [-0.1, -0.05) is 12.1 Å². The Morgan fingerprint density at radius 3 is 3.00 bits per heavy atom. The molecule has 0 unspecified atom stereocenters. The van der Waals surface area contributed by atoms with E-state index in [1.165, 1.54) is 10.4 Å². The molecule has 4 rings (SSSR count). The van der Waals surface area contributed by atoms with Crippen LogP contribution in [0.3, 0.4) is 0 Å². The number of fused-ring (bicyclic) bond motifs is 2. The molecule has 0 fully saturated rings. The van der Waals surface area contributed by atoms with Crippen molar-refractivity contribution in [3.8, 4) is 5.75 Å². The zero-order valence-electron chi connectivity index (χ0n) is 13.0. The number of aryl methyl sites for hydroxylation is 2. The van der Waals surface area contributed by atoms with Crippen molar-refractivity contribution in [3.63, 3.8) is 0 Å². The fraction of sp³-hybridized carbons (Fsp3) is 0.235. The molecule has 1 aromatic carbocycles. The summed E-state index contributed by atoms with van der Waals surface area (Å²) in [5.74, 6) is 1.64. The van der Waals surface area contributed by atoms with Crippen molar-refractivity contribution in [2.24, 2.45) is 5.10 Å². The van der Waals surface area contributed by atoms with E-state index < -0.39 is 0 Å². The van der Waals surface area contributed by atoms with Crippen molar-refractivity contribution in [3.05, 3.63) is 46.6 Å². The topological polar surface area (TPSA) is 59.4 Å². The number of thiophene rings is 1. The van der Waals surface area contributed by atoms with Crippen molar-refractivity contribution in [1.29, 1.82) is 0 Å². The number of hydrogen-bond acceptors (Lipinski definition) is 6. The third-order valence-electron chi connectivity index (χ3n) is 4.06. The number of aromatic nitrogens is 2. The van der Waals surface area contributed by atoms with Crippen LogP contribution in [0.25, 0.3) is 10.2 Å². The van der Waals surface area contributed by atoms with Crippen LogP contribution in [0.2, 0.25) is 0 Å². The van der Waals surface area contributed by atoms with Gasteiger partial charge in [-0.25, -0.2) is 9.97 Å². The van der Waals surface area contributed by atoms with E-state index in [0.717, 1.165) is 39.5 Å². The molecule has 0 saturated carbocycles. The van der Waals surface area contributed by atoms with E-state index in [2.05, 4.69) is 34.3 Å². The van der Waals surface area contributed by atoms with Gasteiger partial charge in [0, 0.05) is 16.9 Å². The van der Waals surface area contributed by atoms with Crippen LogP contribution in [-0.4, -0.2) is 22.3 Å². The van der Waals surface area contributed by atoms with Crippen LogP contribution in [0.1, 0.15) is 22.4 Å². The van der Waals surface area contributed by atoms with Gasteiger partial charge < -0.3 is 4.74 Å². The lowest BCUT2D eigenvalue weighted by Crippen LogP contribution is -2.17. The largest absolute Gasteiger partial charge is 0.492 e. The molecule has 1 aliphatic heterocycles. The molecule has 23 heavy (non-hydrogen) atoms. The summed E-state index contributed by atoms with van der Waals surface area (Å²) >= 11 is 1.68. The van der Waals surface area contributed by atoms with Gasteiger partial charge in [0.05, 0.1) is 17.7 Å². The fourth-order valence-electron chi connectivity index (χ4n) is 2.73. The first-order valence-electron chi connectivity index (χ1n) is 7.49. The SMILES string of the molecule is Cc1sc2ncnc(NN=C3CCOc4ccccc43)c2c1C. The van der Waals surface area contributed by atoms with Gasteiger partial charge in [0.15, 0.2) is 5.82 Å². The number of benzene rings is 1. The molecular weight excluding hydrogens is 308 g/mol. The summed E-state index contributed by atoms with van der Waals surface area (Å²) in [6, 6.07) is 7.98. The van der Waals surface area contributed by atoms with Gasteiger partial charge >= 0.3 is 0 Å². The molecule has 3 heterocycles. The highest BCUT2D eigenvalue weighted by Crippen LogP contribution is 2.32. The predicted octanol–water partition coefficient (Wildman–Crippen LogP) is 3.91. The second kappa shape index (κ2) is 5.62. The van der Waals surface area contributed by atoms with Crippen LogP contribution < -0.4 is 10.2 Å². The van der Waals surface area contributed by atoms with Crippen LogP contribution in [-0.2, 0) is 0 Å². The monoisotopic (exact) mass is 324 g/mol. The van der Waals surface area contributed by atoms with Crippen LogP contribution in [0.5, 0.6) is 5.75 Å². The average molecular weight is 324 g/mol. The molecule has 0 spiro atoms. The summed E-state index contributed by atoms with van der Waals surface area (Å²) < 4.78 is 5.67. The smallest absolute Gasteiger partial charge is 0.158 e. The maximum Gasteiger partial charge on any atom is 0.158 e. The standard InChI is InChI=1S/C17H16N4OS/c1-10-11(2)23-17-15(10)16(18-9-19-17)21-20-13-7-8-22-14-6-4-3-5-12(13)14/h3-6,9H,7-8H2,1-2H3,(H,18,19,21). The molecule has 0 saturated heterocycles. The first-order chi connectivity index (χ1) is 11.2. The number of nitrogens with zero attached hydrogens (tertiary/aromatic N) is 3. The Labute approximate surface area is 138 Å². The lowest BCUT2D eigenvalue weighted by atomic mass is 10.0. The van der Waals surface area contributed by atoms with Gasteiger partial charge in [-0.05, 0) is 31.5 Å². The zero-order valence-corrected chi connectivity index (χ0v) is 13.8. The van der Waals surface area contributed by atoms with E-state index in [0.29, 0.717) is 6.61 Å². The zero-order chi connectivity index (χ0) is 15.8. The fourth-order valence-corrected chi connectivity index (χ4v) is 3.72. The Bertz CT molecular complexity index is 916. The number of para-hydroxylation sites is 1. The Kier molecular flexibility index (Phi) is 3.46. The molecule has 1 aliphatic rings. The second-order valence-corrected chi connectivity index (χ2v) is 6.65. The molecule has 0 aliphatic carbocycles. The molecule has 6 heteroatoms. The van der Waals surface area contributed by atoms with Crippen molar-refractivity contribution in [2.75, 3.05) is 12.0 Å². The van der Waals surface area contributed by atoms with Crippen molar-refractivity contribution >= 4 is 33.1 Å². The van der Waals surface area contributed by atoms with E-state index >= 15 is 0 Å². The molecule has 2 aromatic heterocycles. The normalized spacial score (nSPS) is 15.5.